The number of nitrogens with zero attached hydrogens (tertiary/aromatic N) is 3. The number of rotatable bonds is 4. The van der Waals surface area contributed by atoms with Gasteiger partial charge in [-0.15, -0.1) is 0 Å². The molecule has 34 heavy (non-hydrogen) atoms. The SMILES string of the molecule is CCC=S.CNCC1Cc2c(cccc2N2CCN(C)CC2)CN1.c1cnc2c(c1)CCCC2. The molecule has 2 aliphatic heterocycles. The average Bonchev–Trinajstić information content (AvgIpc) is 2.90. The summed E-state index contributed by atoms with van der Waals surface area (Å²) in [5, 5.41) is 8.62. The molecule has 1 saturated heterocycles. The van der Waals surface area contributed by atoms with Crippen molar-refractivity contribution in [1.82, 2.24) is 20.5 Å². The highest BCUT2D eigenvalue weighted by molar-refractivity contribution is 7.78. The lowest BCUT2D eigenvalue weighted by molar-refractivity contribution is 0.312. The number of likely N-dealkylation sites (N-methyl/N-ethyl adjacent to an activating group) is 2. The summed E-state index contributed by atoms with van der Waals surface area (Å²) in [6.07, 6.45) is 9.14. The summed E-state index contributed by atoms with van der Waals surface area (Å²) in [6.45, 7) is 8.70. The van der Waals surface area contributed by atoms with Gasteiger partial charge in [-0.2, -0.15) is 0 Å². The summed E-state index contributed by atoms with van der Waals surface area (Å²) >= 11 is 4.43. The number of thiocarbonyl (C=S) groups is 1. The zero-order valence-corrected chi connectivity index (χ0v) is 22.2. The summed E-state index contributed by atoms with van der Waals surface area (Å²) in [5.74, 6) is 0. The molecular weight excluding hydrogens is 438 g/mol. The minimum atomic E-state index is 0.557. The Bertz CT molecular complexity index is 854. The van der Waals surface area contributed by atoms with Crippen molar-refractivity contribution in [1.29, 1.82) is 0 Å². The molecule has 0 bridgehead atoms. The number of anilines is 1. The summed E-state index contributed by atoms with van der Waals surface area (Å²) in [5.41, 5.74) is 7.31. The van der Waals surface area contributed by atoms with Crippen LogP contribution in [0.3, 0.4) is 0 Å². The largest absolute Gasteiger partial charge is 0.369 e. The third-order valence-electron chi connectivity index (χ3n) is 6.84. The number of hydrogen-bond donors (Lipinski definition) is 2. The Morgan fingerprint density at radius 3 is 2.53 bits per heavy atom. The van der Waals surface area contributed by atoms with E-state index in [-0.39, 0.29) is 0 Å². The van der Waals surface area contributed by atoms with Crippen LogP contribution >= 0.6 is 12.2 Å². The van der Waals surface area contributed by atoms with Crippen molar-refractivity contribution in [3.63, 3.8) is 0 Å². The number of pyridine rings is 1. The maximum Gasteiger partial charge on any atom is 0.0435 e. The first-order valence-electron chi connectivity index (χ1n) is 12.9. The fraction of sp³-hybridized carbons (Fsp3) is 0.571. The monoisotopic (exact) mass is 481 g/mol. The summed E-state index contributed by atoms with van der Waals surface area (Å²) < 4.78 is 0. The first-order chi connectivity index (χ1) is 16.7. The van der Waals surface area contributed by atoms with E-state index in [0.29, 0.717) is 6.04 Å². The molecule has 1 fully saturated rings. The van der Waals surface area contributed by atoms with Gasteiger partial charge in [-0.1, -0.05) is 37.3 Å². The number of piperazine rings is 1. The van der Waals surface area contributed by atoms with Gasteiger partial charge in [0.05, 0.1) is 0 Å². The Kier molecular flexibility index (Phi) is 11.4. The molecule has 0 saturated carbocycles. The molecule has 5 nitrogen and oxygen atoms in total. The van der Waals surface area contributed by atoms with Crippen LogP contribution < -0.4 is 15.5 Å². The number of hydrogen-bond acceptors (Lipinski definition) is 6. The van der Waals surface area contributed by atoms with Crippen LogP contribution in [-0.4, -0.2) is 68.1 Å². The minimum Gasteiger partial charge on any atom is -0.369 e. The van der Waals surface area contributed by atoms with Crippen molar-refractivity contribution >= 4 is 23.3 Å². The molecule has 1 aliphatic carbocycles. The second kappa shape index (κ2) is 14.5. The Balaban J connectivity index is 0.000000192. The van der Waals surface area contributed by atoms with E-state index in [1.165, 1.54) is 61.3 Å². The normalized spacial score (nSPS) is 19.5. The lowest BCUT2D eigenvalue weighted by Crippen LogP contribution is -2.46. The van der Waals surface area contributed by atoms with Crippen molar-refractivity contribution in [2.75, 3.05) is 51.7 Å². The quantitative estimate of drug-likeness (QED) is 0.643. The zero-order chi connectivity index (χ0) is 24.2. The molecule has 5 rings (SSSR count). The number of benzene rings is 1. The van der Waals surface area contributed by atoms with Crippen LogP contribution in [0.25, 0.3) is 0 Å². The number of fused-ring (bicyclic) bond motifs is 2. The fourth-order valence-corrected chi connectivity index (χ4v) is 4.86. The first-order valence-corrected chi connectivity index (χ1v) is 13.4. The minimum absolute atomic E-state index is 0.557. The van der Waals surface area contributed by atoms with Crippen LogP contribution in [-0.2, 0) is 25.8 Å². The van der Waals surface area contributed by atoms with Crippen LogP contribution in [0, 0.1) is 0 Å². The van der Waals surface area contributed by atoms with Crippen LogP contribution in [0.4, 0.5) is 5.69 Å². The highest BCUT2D eigenvalue weighted by Crippen LogP contribution is 2.28. The van der Waals surface area contributed by atoms with Gasteiger partial charge in [0, 0.05) is 62.9 Å². The molecule has 1 aromatic carbocycles. The van der Waals surface area contributed by atoms with Gasteiger partial charge in [-0.05, 0) is 86.8 Å². The average molecular weight is 482 g/mol. The Hall–Kier alpha value is -1.86. The molecule has 3 aliphatic rings. The summed E-state index contributed by atoms with van der Waals surface area (Å²) in [6, 6.07) is 11.6. The third kappa shape index (κ3) is 7.84. The second-order valence-electron chi connectivity index (χ2n) is 9.44. The summed E-state index contributed by atoms with van der Waals surface area (Å²) in [4.78, 5) is 9.30. The molecule has 0 amide bonds. The van der Waals surface area contributed by atoms with Gasteiger partial charge in [0.1, 0.15) is 0 Å². The molecule has 1 aromatic heterocycles. The van der Waals surface area contributed by atoms with Gasteiger partial charge >= 0.3 is 0 Å². The topological polar surface area (TPSA) is 43.4 Å². The fourth-order valence-electron chi connectivity index (χ4n) is 4.86. The second-order valence-corrected chi connectivity index (χ2v) is 9.77. The first kappa shape index (κ1) is 26.7. The van der Waals surface area contributed by atoms with Crippen molar-refractivity contribution in [2.45, 2.75) is 58.0 Å². The Labute approximate surface area is 212 Å². The van der Waals surface area contributed by atoms with Crippen LogP contribution in [0.1, 0.15) is 48.6 Å². The Morgan fingerprint density at radius 1 is 1.09 bits per heavy atom. The van der Waals surface area contributed by atoms with Crippen LogP contribution in [0.5, 0.6) is 0 Å². The number of aromatic nitrogens is 1. The van der Waals surface area contributed by atoms with E-state index in [1.807, 2.05) is 26.2 Å². The van der Waals surface area contributed by atoms with Crippen molar-refractivity contribution < 1.29 is 0 Å². The van der Waals surface area contributed by atoms with Crippen molar-refractivity contribution in [2.24, 2.45) is 0 Å². The van der Waals surface area contributed by atoms with Crippen LogP contribution in [0.2, 0.25) is 0 Å². The molecule has 2 aromatic rings. The van der Waals surface area contributed by atoms with Crippen LogP contribution in [0.15, 0.2) is 36.5 Å². The standard InChI is InChI=1S/C16H26N4.C9H11N.C3H6S/c1-17-12-14-10-15-13(11-18-14)4-3-5-16(15)20-8-6-19(2)7-9-20;1-2-6-9-8(4-1)5-3-7-10-9;1-2-3-4/h3-5,14,17-18H,6-12H2,1-2H3;3,5,7H,1-2,4,6H2;3H,2H2,1H3. The molecule has 186 valence electrons. The van der Waals surface area contributed by atoms with Gasteiger partial charge in [0.25, 0.3) is 0 Å². The van der Waals surface area contributed by atoms with Crippen molar-refractivity contribution in [3.05, 3.63) is 58.9 Å². The van der Waals surface area contributed by atoms with Gasteiger partial charge < -0.3 is 20.4 Å². The molecule has 0 spiro atoms. The lowest BCUT2D eigenvalue weighted by atomic mass is 9.93. The smallest absolute Gasteiger partial charge is 0.0435 e. The van der Waals surface area contributed by atoms with E-state index < -0.39 is 0 Å². The third-order valence-corrected chi connectivity index (χ3v) is 7.17. The predicted octanol–water partition coefficient (Wildman–Crippen LogP) is 4.03. The maximum absolute atomic E-state index is 4.43. The molecule has 2 N–H and O–H groups in total. The molecule has 1 unspecified atom stereocenters. The molecular formula is C28H43N5S. The van der Waals surface area contributed by atoms with Crippen molar-refractivity contribution in [3.8, 4) is 0 Å². The lowest BCUT2D eigenvalue weighted by Gasteiger charge is -2.37. The molecule has 3 heterocycles. The Morgan fingerprint density at radius 2 is 1.82 bits per heavy atom. The van der Waals surface area contributed by atoms with E-state index in [4.69, 9.17) is 0 Å². The predicted molar refractivity (Wildman–Crippen MR) is 149 cm³/mol. The molecule has 1 atom stereocenters. The highest BCUT2D eigenvalue weighted by atomic mass is 32.1. The number of nitrogens with one attached hydrogen (secondary N) is 2. The van der Waals surface area contributed by atoms with E-state index in [1.54, 1.807) is 10.9 Å². The summed E-state index contributed by atoms with van der Waals surface area (Å²) in [7, 11) is 4.24. The van der Waals surface area contributed by atoms with E-state index in [9.17, 15) is 0 Å². The van der Waals surface area contributed by atoms with Gasteiger partial charge in [0.2, 0.25) is 0 Å². The zero-order valence-electron chi connectivity index (χ0n) is 21.4. The van der Waals surface area contributed by atoms with Gasteiger partial charge in [-0.25, -0.2) is 0 Å². The van der Waals surface area contributed by atoms with Gasteiger partial charge in [-0.3, -0.25) is 4.98 Å². The van der Waals surface area contributed by atoms with E-state index in [2.05, 4.69) is 68.9 Å². The maximum atomic E-state index is 4.43. The highest BCUT2D eigenvalue weighted by Gasteiger charge is 2.23. The molecule has 0 radical (unpaired) electrons. The van der Waals surface area contributed by atoms with Gasteiger partial charge in [0.15, 0.2) is 0 Å². The number of aryl methyl sites for hydroxylation is 2. The molecule has 6 heteroatoms. The van der Waals surface area contributed by atoms with E-state index >= 15 is 0 Å². The van der Waals surface area contributed by atoms with E-state index in [0.717, 1.165) is 39.0 Å².